The minimum Gasteiger partial charge on any atom is -0.496 e. The minimum atomic E-state index is -0.143. The molecule has 126 valence electrons. The predicted molar refractivity (Wildman–Crippen MR) is 95.3 cm³/mol. The fourth-order valence-corrected chi connectivity index (χ4v) is 3.47. The van der Waals surface area contributed by atoms with Crippen LogP contribution in [0.4, 0.5) is 5.69 Å². The topological polar surface area (TPSA) is 46.1 Å². The molecular weight excluding hydrogens is 300 g/mol. The number of amides is 1. The highest BCUT2D eigenvalue weighted by molar-refractivity contribution is 5.97. The van der Waals surface area contributed by atoms with E-state index in [-0.39, 0.29) is 18.0 Å². The third-order valence-electron chi connectivity index (χ3n) is 4.75. The van der Waals surface area contributed by atoms with E-state index in [2.05, 4.69) is 24.4 Å². The van der Waals surface area contributed by atoms with Gasteiger partial charge in [-0.15, -0.1) is 0 Å². The van der Waals surface area contributed by atoms with Crippen LogP contribution >= 0.6 is 0 Å². The summed E-state index contributed by atoms with van der Waals surface area (Å²) < 4.78 is 5.44. The van der Waals surface area contributed by atoms with Gasteiger partial charge in [0.1, 0.15) is 11.8 Å². The molecule has 0 spiro atoms. The van der Waals surface area contributed by atoms with Gasteiger partial charge in [0.2, 0.25) is 0 Å². The maximum atomic E-state index is 12.9. The molecule has 0 saturated heterocycles. The van der Waals surface area contributed by atoms with Crippen LogP contribution in [0.25, 0.3) is 0 Å². The van der Waals surface area contributed by atoms with Crippen LogP contribution in [0.3, 0.4) is 0 Å². The van der Waals surface area contributed by atoms with Gasteiger partial charge in [-0.1, -0.05) is 30.3 Å². The monoisotopic (exact) mass is 325 g/mol. The highest BCUT2D eigenvalue weighted by Crippen LogP contribution is 2.28. The smallest absolute Gasteiger partial charge is 0.284 e. The molecule has 1 aliphatic rings. The Kier molecular flexibility index (Phi) is 4.86. The highest BCUT2D eigenvalue weighted by atomic mass is 16.5. The van der Waals surface area contributed by atoms with Gasteiger partial charge in [0.05, 0.1) is 12.7 Å². The molecule has 4 heteroatoms. The second-order valence-corrected chi connectivity index (χ2v) is 6.38. The number of benzene rings is 2. The summed E-state index contributed by atoms with van der Waals surface area (Å²) in [5, 5.41) is 2.11. The van der Waals surface area contributed by atoms with Crippen molar-refractivity contribution in [3.05, 3.63) is 59.7 Å². The molecule has 2 aromatic carbocycles. The largest absolute Gasteiger partial charge is 0.496 e. The summed E-state index contributed by atoms with van der Waals surface area (Å²) in [4.78, 5) is 14.8. The minimum absolute atomic E-state index is 0.143. The van der Waals surface area contributed by atoms with Crippen molar-refractivity contribution in [2.45, 2.75) is 32.4 Å². The van der Waals surface area contributed by atoms with Crippen LogP contribution in [-0.4, -0.2) is 25.6 Å². The molecule has 4 nitrogen and oxygen atoms in total. The van der Waals surface area contributed by atoms with Gasteiger partial charge in [0.15, 0.2) is 6.04 Å². The molecule has 2 N–H and O–H groups in total. The van der Waals surface area contributed by atoms with Gasteiger partial charge < -0.3 is 15.0 Å². The second kappa shape index (κ2) is 7.05. The van der Waals surface area contributed by atoms with Crippen LogP contribution in [0.15, 0.2) is 48.5 Å². The van der Waals surface area contributed by atoms with E-state index in [1.807, 2.05) is 48.2 Å². The number of carbonyl (C=O) groups is 1. The van der Waals surface area contributed by atoms with Crippen molar-refractivity contribution in [2.75, 3.05) is 18.6 Å². The van der Waals surface area contributed by atoms with Crippen molar-refractivity contribution in [3.8, 4) is 5.75 Å². The average Bonchev–Trinajstić information content (AvgIpc) is 3.04. The number of carbonyl (C=O) groups excluding carboxylic acids is 1. The number of fused-ring (bicyclic) bond motifs is 1. The first kappa shape index (κ1) is 16.5. The van der Waals surface area contributed by atoms with Crippen LogP contribution in [-0.2, 0) is 11.2 Å². The third-order valence-corrected chi connectivity index (χ3v) is 4.75. The molecule has 2 aromatic rings. The zero-order valence-electron chi connectivity index (χ0n) is 14.5. The molecule has 0 bridgehead atoms. The lowest BCUT2D eigenvalue weighted by molar-refractivity contribution is -0.710. The lowest BCUT2D eigenvalue weighted by atomic mass is 10.1. The van der Waals surface area contributed by atoms with E-state index in [4.69, 9.17) is 4.74 Å². The van der Waals surface area contributed by atoms with Gasteiger partial charge in [0.25, 0.3) is 5.91 Å². The van der Waals surface area contributed by atoms with E-state index >= 15 is 0 Å². The maximum absolute atomic E-state index is 12.9. The fraction of sp³-hybridized carbons (Fsp3) is 0.350. The molecule has 1 amide bonds. The Bertz CT molecular complexity index is 729. The van der Waals surface area contributed by atoms with Gasteiger partial charge in [-0.3, -0.25) is 4.79 Å². The summed E-state index contributed by atoms with van der Waals surface area (Å²) in [6, 6.07) is 16.2. The summed E-state index contributed by atoms with van der Waals surface area (Å²) in [6.07, 6.45) is 0.941. The number of hydrogen-bond donors (Lipinski definition) is 1. The van der Waals surface area contributed by atoms with Crippen LogP contribution in [0.1, 0.15) is 31.0 Å². The van der Waals surface area contributed by atoms with Crippen molar-refractivity contribution in [2.24, 2.45) is 0 Å². The normalized spacial score (nSPS) is 15.7. The molecule has 1 aliphatic heterocycles. The maximum Gasteiger partial charge on any atom is 0.284 e. The summed E-state index contributed by atoms with van der Waals surface area (Å²) in [5.41, 5.74) is 3.44. The standard InChI is InChI=1S/C20H24N2O2/c1-14(17-9-5-7-11-19(17)24-3)21-15(2)20(23)22-13-12-16-8-4-6-10-18(16)22/h4-11,14-15,21H,12-13H2,1-3H3/p+1/t14-,15-/m0/s1. The SMILES string of the molecule is COc1ccccc1[C@H](C)[NH2+][C@@H](C)C(=O)N1CCc2ccccc21. The Hall–Kier alpha value is -2.33. The molecule has 0 aliphatic carbocycles. The van der Waals surface area contributed by atoms with Gasteiger partial charge in [0, 0.05) is 12.2 Å². The van der Waals surface area contributed by atoms with Gasteiger partial charge in [-0.2, -0.15) is 0 Å². The van der Waals surface area contributed by atoms with E-state index in [1.54, 1.807) is 7.11 Å². The third kappa shape index (κ3) is 3.15. The zero-order chi connectivity index (χ0) is 17.1. The van der Waals surface area contributed by atoms with E-state index in [0.29, 0.717) is 0 Å². The summed E-state index contributed by atoms with van der Waals surface area (Å²) >= 11 is 0. The molecule has 0 saturated carbocycles. The van der Waals surface area contributed by atoms with Crippen molar-refractivity contribution in [1.29, 1.82) is 0 Å². The van der Waals surface area contributed by atoms with Gasteiger partial charge in [-0.25, -0.2) is 0 Å². The summed E-state index contributed by atoms with van der Waals surface area (Å²) in [6.45, 7) is 4.87. The highest BCUT2D eigenvalue weighted by Gasteiger charge is 2.31. The lowest BCUT2D eigenvalue weighted by Crippen LogP contribution is -2.92. The number of rotatable bonds is 5. The molecule has 0 aromatic heterocycles. The van der Waals surface area contributed by atoms with E-state index < -0.39 is 0 Å². The fourth-order valence-electron chi connectivity index (χ4n) is 3.47. The number of nitrogens with two attached hydrogens (primary N) is 1. The molecule has 0 radical (unpaired) electrons. The Morgan fingerprint density at radius 2 is 1.83 bits per heavy atom. The van der Waals surface area contributed by atoms with Crippen LogP contribution in [0.2, 0.25) is 0 Å². The number of ether oxygens (including phenoxy) is 1. The number of anilines is 1. The first-order valence-electron chi connectivity index (χ1n) is 8.49. The molecule has 1 heterocycles. The van der Waals surface area contributed by atoms with Crippen LogP contribution in [0.5, 0.6) is 5.75 Å². The van der Waals surface area contributed by atoms with Gasteiger partial charge in [-0.05, 0) is 44.0 Å². The molecule has 0 fully saturated rings. The number of nitrogens with zero attached hydrogens (tertiary/aromatic N) is 1. The van der Waals surface area contributed by atoms with Crippen molar-refractivity contribution >= 4 is 11.6 Å². The lowest BCUT2D eigenvalue weighted by Gasteiger charge is -2.23. The Labute approximate surface area is 143 Å². The van der Waals surface area contributed by atoms with Crippen molar-refractivity contribution < 1.29 is 14.8 Å². The molecule has 0 unspecified atom stereocenters. The number of quaternary nitrogens is 1. The van der Waals surface area contributed by atoms with E-state index in [9.17, 15) is 4.79 Å². The van der Waals surface area contributed by atoms with E-state index in [1.165, 1.54) is 5.56 Å². The van der Waals surface area contributed by atoms with E-state index in [0.717, 1.165) is 30.0 Å². The summed E-state index contributed by atoms with van der Waals surface area (Å²) in [5.74, 6) is 1.04. The van der Waals surface area contributed by atoms with Crippen LogP contribution < -0.4 is 15.0 Å². The predicted octanol–water partition coefficient (Wildman–Crippen LogP) is 2.30. The van der Waals surface area contributed by atoms with Crippen molar-refractivity contribution in [1.82, 2.24) is 0 Å². The Morgan fingerprint density at radius 1 is 1.12 bits per heavy atom. The van der Waals surface area contributed by atoms with Gasteiger partial charge >= 0.3 is 0 Å². The molecule has 2 atom stereocenters. The number of methoxy groups -OCH3 is 1. The molecule has 24 heavy (non-hydrogen) atoms. The Balaban J connectivity index is 1.71. The Morgan fingerprint density at radius 3 is 2.62 bits per heavy atom. The molecular formula is C20H25N2O2+. The van der Waals surface area contributed by atoms with Crippen LogP contribution in [0, 0.1) is 0 Å². The average molecular weight is 325 g/mol. The summed E-state index contributed by atoms with van der Waals surface area (Å²) in [7, 11) is 1.68. The quantitative estimate of drug-likeness (QED) is 0.917. The number of hydrogen-bond acceptors (Lipinski definition) is 2. The zero-order valence-corrected chi connectivity index (χ0v) is 14.5. The second-order valence-electron chi connectivity index (χ2n) is 6.38. The number of para-hydroxylation sites is 2. The van der Waals surface area contributed by atoms with Crippen molar-refractivity contribution in [3.63, 3.8) is 0 Å². The first-order chi connectivity index (χ1) is 11.6. The molecule has 3 rings (SSSR count). The first-order valence-corrected chi connectivity index (χ1v) is 8.49.